The molecule has 4 nitrogen and oxygen atoms in total. The molecule has 2 heterocycles. The van der Waals surface area contributed by atoms with Crippen LogP contribution in [0.5, 0.6) is 0 Å². The van der Waals surface area contributed by atoms with E-state index in [9.17, 15) is 0 Å². The van der Waals surface area contributed by atoms with Crippen LogP contribution in [0, 0.1) is 5.92 Å². The van der Waals surface area contributed by atoms with Gasteiger partial charge in [-0.05, 0) is 11.5 Å². The van der Waals surface area contributed by atoms with Gasteiger partial charge in [0, 0.05) is 5.92 Å². The molecule has 2 aromatic heterocycles. The summed E-state index contributed by atoms with van der Waals surface area (Å²) in [6.45, 7) is 4.47. The van der Waals surface area contributed by atoms with Gasteiger partial charge in [-0.25, -0.2) is 15.0 Å². The number of aromatic amines is 1. The third kappa shape index (κ3) is 2.29. The first-order valence-corrected chi connectivity index (χ1v) is 7.00. The summed E-state index contributed by atoms with van der Waals surface area (Å²) in [6, 6.07) is 10.5. The number of hydrogen-bond donors (Lipinski definition) is 1. The van der Waals surface area contributed by atoms with Crippen LogP contribution in [-0.4, -0.2) is 19.9 Å². The summed E-state index contributed by atoms with van der Waals surface area (Å²) < 4.78 is 0. The van der Waals surface area contributed by atoms with Crippen LogP contribution in [0.2, 0.25) is 0 Å². The topological polar surface area (TPSA) is 54.5 Å². The van der Waals surface area contributed by atoms with Crippen molar-refractivity contribution in [2.45, 2.75) is 26.2 Å². The molecular weight excluding hydrogens is 248 g/mol. The van der Waals surface area contributed by atoms with Crippen LogP contribution in [0.4, 0.5) is 0 Å². The highest BCUT2D eigenvalue weighted by molar-refractivity contribution is 5.69. The Bertz CT molecular complexity index is 657. The average molecular weight is 266 g/mol. The van der Waals surface area contributed by atoms with Crippen molar-refractivity contribution in [3.05, 3.63) is 54.2 Å². The molecule has 0 aliphatic heterocycles. The predicted molar refractivity (Wildman–Crippen MR) is 79.4 cm³/mol. The molecule has 1 aromatic carbocycles. The highest BCUT2D eigenvalue weighted by Crippen LogP contribution is 2.32. The van der Waals surface area contributed by atoms with E-state index >= 15 is 0 Å². The molecule has 1 N–H and O–H groups in total. The lowest BCUT2D eigenvalue weighted by Gasteiger charge is -2.21. The molecule has 0 amide bonds. The Hall–Kier alpha value is -2.23. The molecule has 0 aliphatic carbocycles. The van der Waals surface area contributed by atoms with Crippen molar-refractivity contribution in [3.8, 4) is 0 Å². The first kappa shape index (κ1) is 12.8. The van der Waals surface area contributed by atoms with Gasteiger partial charge in [0.1, 0.15) is 17.7 Å². The molecule has 0 bridgehead atoms. The van der Waals surface area contributed by atoms with Crippen LogP contribution in [0.1, 0.15) is 37.6 Å². The fraction of sp³-hybridized carbons (Fsp3) is 0.312. The normalized spacial score (nSPS) is 14.3. The lowest BCUT2D eigenvalue weighted by molar-refractivity contribution is 0.482. The summed E-state index contributed by atoms with van der Waals surface area (Å²) in [6.07, 6.45) is 4.41. The van der Waals surface area contributed by atoms with Gasteiger partial charge in [-0.3, -0.25) is 0 Å². The van der Waals surface area contributed by atoms with Gasteiger partial charge in [-0.15, -0.1) is 0 Å². The number of H-pyrrole nitrogens is 1. The molecule has 2 atom stereocenters. The standard InChI is InChI=1S/C16H18N4/c1-3-11(2)14(12-7-5-4-6-8-12)16-19-13-9-17-10-18-15(13)20-16/h4-11,14H,3H2,1-2H3,(H,17,18,19,20). The van der Waals surface area contributed by atoms with Crippen molar-refractivity contribution in [1.82, 2.24) is 19.9 Å². The van der Waals surface area contributed by atoms with Gasteiger partial charge in [-0.1, -0.05) is 50.6 Å². The molecule has 102 valence electrons. The van der Waals surface area contributed by atoms with Gasteiger partial charge in [0.25, 0.3) is 0 Å². The summed E-state index contributed by atoms with van der Waals surface area (Å²) in [7, 11) is 0. The molecule has 0 fully saturated rings. The number of aromatic nitrogens is 4. The quantitative estimate of drug-likeness (QED) is 0.786. The van der Waals surface area contributed by atoms with E-state index in [-0.39, 0.29) is 5.92 Å². The van der Waals surface area contributed by atoms with Gasteiger partial charge < -0.3 is 4.98 Å². The molecule has 0 spiro atoms. The zero-order valence-corrected chi connectivity index (χ0v) is 11.7. The van der Waals surface area contributed by atoms with Crippen molar-refractivity contribution in [3.63, 3.8) is 0 Å². The highest BCUT2D eigenvalue weighted by atomic mass is 15.0. The molecule has 0 aliphatic rings. The maximum Gasteiger partial charge on any atom is 0.180 e. The second-order valence-corrected chi connectivity index (χ2v) is 5.16. The minimum atomic E-state index is 0.260. The minimum absolute atomic E-state index is 0.260. The van der Waals surface area contributed by atoms with E-state index < -0.39 is 0 Å². The number of hydrogen-bond acceptors (Lipinski definition) is 3. The monoisotopic (exact) mass is 266 g/mol. The Labute approximate surface area is 118 Å². The van der Waals surface area contributed by atoms with Crippen LogP contribution in [0.3, 0.4) is 0 Å². The number of nitrogens with one attached hydrogen (secondary N) is 1. The molecule has 4 heteroatoms. The minimum Gasteiger partial charge on any atom is -0.339 e. The van der Waals surface area contributed by atoms with Crippen molar-refractivity contribution in [1.29, 1.82) is 0 Å². The van der Waals surface area contributed by atoms with Crippen LogP contribution >= 0.6 is 0 Å². The molecule has 0 saturated heterocycles. The SMILES string of the molecule is CCC(C)C(c1ccccc1)c1nc2ncncc2[nH]1. The second-order valence-electron chi connectivity index (χ2n) is 5.16. The van der Waals surface area contributed by atoms with Crippen LogP contribution in [0.15, 0.2) is 42.9 Å². The van der Waals surface area contributed by atoms with E-state index in [2.05, 4.69) is 58.0 Å². The van der Waals surface area contributed by atoms with Crippen molar-refractivity contribution in [2.75, 3.05) is 0 Å². The Morgan fingerprint density at radius 1 is 1.20 bits per heavy atom. The lowest BCUT2D eigenvalue weighted by atomic mass is 9.85. The number of benzene rings is 1. The molecule has 0 radical (unpaired) electrons. The Kier molecular flexibility index (Phi) is 3.46. The van der Waals surface area contributed by atoms with E-state index in [1.807, 2.05) is 6.07 Å². The van der Waals surface area contributed by atoms with Gasteiger partial charge in [-0.2, -0.15) is 0 Å². The molecule has 3 aromatic rings. The van der Waals surface area contributed by atoms with Gasteiger partial charge in [0.2, 0.25) is 0 Å². The van der Waals surface area contributed by atoms with Crippen molar-refractivity contribution in [2.24, 2.45) is 5.92 Å². The third-order valence-corrected chi connectivity index (χ3v) is 3.85. The second kappa shape index (κ2) is 5.41. The lowest BCUT2D eigenvalue weighted by Crippen LogP contribution is -2.12. The number of rotatable bonds is 4. The maximum atomic E-state index is 4.65. The first-order chi connectivity index (χ1) is 9.79. The summed E-state index contributed by atoms with van der Waals surface area (Å²) in [5.74, 6) is 1.74. The maximum absolute atomic E-state index is 4.65. The van der Waals surface area contributed by atoms with Crippen LogP contribution in [0.25, 0.3) is 11.2 Å². The largest absolute Gasteiger partial charge is 0.339 e. The molecular formula is C16H18N4. The summed E-state index contributed by atoms with van der Waals surface area (Å²) in [5, 5.41) is 0. The fourth-order valence-corrected chi connectivity index (χ4v) is 2.58. The molecule has 0 saturated carbocycles. The van der Waals surface area contributed by atoms with Crippen molar-refractivity contribution >= 4 is 11.2 Å². The fourth-order valence-electron chi connectivity index (χ4n) is 2.58. The van der Waals surface area contributed by atoms with E-state index in [1.54, 1.807) is 6.20 Å². The zero-order chi connectivity index (χ0) is 13.9. The molecule has 2 unspecified atom stereocenters. The zero-order valence-electron chi connectivity index (χ0n) is 11.7. The highest BCUT2D eigenvalue weighted by Gasteiger charge is 2.23. The van der Waals surface area contributed by atoms with Gasteiger partial charge in [0.15, 0.2) is 5.65 Å². The molecule has 3 rings (SSSR count). The predicted octanol–water partition coefficient (Wildman–Crippen LogP) is 3.53. The first-order valence-electron chi connectivity index (χ1n) is 7.00. The Morgan fingerprint density at radius 3 is 2.70 bits per heavy atom. The summed E-state index contributed by atoms with van der Waals surface area (Å²) in [5.41, 5.74) is 2.92. The summed E-state index contributed by atoms with van der Waals surface area (Å²) in [4.78, 5) is 16.3. The van der Waals surface area contributed by atoms with Crippen molar-refractivity contribution < 1.29 is 0 Å². The number of nitrogens with zero attached hydrogens (tertiary/aromatic N) is 3. The van der Waals surface area contributed by atoms with Gasteiger partial charge in [0.05, 0.1) is 6.20 Å². The number of imidazole rings is 1. The smallest absolute Gasteiger partial charge is 0.180 e. The van der Waals surface area contributed by atoms with E-state index in [1.165, 1.54) is 11.9 Å². The third-order valence-electron chi connectivity index (χ3n) is 3.85. The average Bonchev–Trinajstić information content (AvgIpc) is 2.91. The van der Waals surface area contributed by atoms with Crippen LogP contribution < -0.4 is 0 Å². The number of fused-ring (bicyclic) bond motifs is 1. The summed E-state index contributed by atoms with van der Waals surface area (Å²) >= 11 is 0. The van der Waals surface area contributed by atoms with E-state index in [4.69, 9.17) is 0 Å². The van der Waals surface area contributed by atoms with Crippen LogP contribution in [-0.2, 0) is 0 Å². The Morgan fingerprint density at radius 2 is 2.00 bits per heavy atom. The van der Waals surface area contributed by atoms with Gasteiger partial charge >= 0.3 is 0 Å². The van der Waals surface area contributed by atoms with E-state index in [0.717, 1.165) is 23.4 Å². The Balaban J connectivity index is 2.09. The molecule has 20 heavy (non-hydrogen) atoms. The van der Waals surface area contributed by atoms with E-state index in [0.29, 0.717) is 5.92 Å².